The maximum absolute atomic E-state index is 12.7. The van der Waals surface area contributed by atoms with E-state index in [9.17, 15) is 15.4 Å². The van der Waals surface area contributed by atoms with Crippen molar-refractivity contribution in [3.8, 4) is 28.7 Å². The summed E-state index contributed by atoms with van der Waals surface area (Å²) < 4.78 is 21.8. The van der Waals surface area contributed by atoms with Crippen LogP contribution in [-0.4, -0.2) is 37.1 Å². The fraction of sp³-hybridized carbons (Fsp3) is 0.368. The zero-order valence-corrected chi connectivity index (χ0v) is 17.7. The molecule has 0 aromatic heterocycles. The Bertz CT molecular complexity index is 944. The topological polar surface area (TPSA) is 114 Å². The van der Waals surface area contributed by atoms with Crippen molar-refractivity contribution in [1.29, 1.82) is 0 Å². The average Bonchev–Trinajstić information content (AvgIpc) is 3.34. The molecule has 0 radical (unpaired) electrons. The van der Waals surface area contributed by atoms with Gasteiger partial charge >= 0.3 is 178 Å². The molecular formula is C19H19INO8-. The number of halogens is 1. The second kappa shape index (κ2) is 7.06. The van der Waals surface area contributed by atoms with Gasteiger partial charge < -0.3 is 0 Å². The van der Waals surface area contributed by atoms with Crippen molar-refractivity contribution < 1.29 is 57.9 Å². The molecule has 9 nitrogen and oxygen atoms in total. The number of aliphatic hydroxyl groups excluding tert-OH is 1. The molecule has 1 fully saturated rings. The van der Waals surface area contributed by atoms with E-state index in [2.05, 4.69) is 0 Å². The van der Waals surface area contributed by atoms with Gasteiger partial charge in [0.25, 0.3) is 0 Å². The number of hydrogen-bond acceptors (Lipinski definition) is 8. The number of hydrogen-bond donors (Lipinski definition) is 3. The van der Waals surface area contributed by atoms with E-state index in [-0.39, 0.29) is 35.0 Å². The predicted octanol–water partition coefficient (Wildman–Crippen LogP) is -2.41. The molecule has 156 valence electrons. The summed E-state index contributed by atoms with van der Waals surface area (Å²) in [4.78, 5) is 5.32. The molecule has 2 aliphatic heterocycles. The molecule has 2 heterocycles. The van der Waals surface area contributed by atoms with Gasteiger partial charge in [0.2, 0.25) is 0 Å². The molecule has 1 saturated heterocycles. The molecule has 5 rings (SSSR count). The summed E-state index contributed by atoms with van der Waals surface area (Å²) in [7, 11) is 2.90. The Morgan fingerprint density at radius 2 is 1.69 bits per heavy atom. The van der Waals surface area contributed by atoms with Crippen molar-refractivity contribution in [2.75, 3.05) is 20.8 Å². The Hall–Kier alpha value is -1.99. The van der Waals surface area contributed by atoms with Crippen LogP contribution in [0, 0.1) is 11.1 Å². The van der Waals surface area contributed by atoms with Crippen molar-refractivity contribution in [2.45, 2.75) is 18.1 Å². The molecule has 2 aromatic rings. The standard InChI is InChI=1S/C19H19INO8/c1-25-14-3-8(4-15(26-2)19(14)23)16-9-5-12-13(29-20-28-12)6-10(9)18(22)11-7-27-21(24)17(11)16/h3-6,11,16-18,21-23H,7H2,1-2H3/q-1/t11-,16+,17-,18+/m0/s1. The molecule has 0 spiro atoms. The molecule has 1 aliphatic carbocycles. The monoisotopic (exact) mass is 516 g/mol. The van der Waals surface area contributed by atoms with E-state index in [1.807, 2.05) is 6.07 Å². The van der Waals surface area contributed by atoms with Crippen molar-refractivity contribution in [1.82, 2.24) is 0 Å². The summed E-state index contributed by atoms with van der Waals surface area (Å²) in [5.74, 6) is 0.763. The van der Waals surface area contributed by atoms with E-state index in [4.69, 9.17) is 20.4 Å². The van der Waals surface area contributed by atoms with Crippen molar-refractivity contribution in [2.24, 2.45) is 5.92 Å². The number of methoxy groups -OCH3 is 2. The fourth-order valence-corrected chi connectivity index (χ4v) is 5.61. The van der Waals surface area contributed by atoms with E-state index in [1.165, 1.54) is 14.2 Å². The molecule has 0 saturated carbocycles. The number of benzene rings is 2. The molecule has 3 aliphatic rings. The Morgan fingerprint density at radius 1 is 1.07 bits per heavy atom. The van der Waals surface area contributed by atoms with Gasteiger partial charge in [-0.15, -0.1) is 0 Å². The summed E-state index contributed by atoms with van der Waals surface area (Å²) in [5.41, 5.74) is 2.17. The second-order valence-corrected chi connectivity index (χ2v) is 8.40. The Kier molecular flexibility index (Phi) is 4.62. The number of phenolic OH excluding ortho intramolecular Hbond substituents is 1. The van der Waals surface area contributed by atoms with Crippen LogP contribution in [0.15, 0.2) is 24.3 Å². The molecular weight excluding hydrogens is 497 g/mol. The number of phenols is 1. The zero-order valence-electron chi connectivity index (χ0n) is 15.5. The number of ether oxygens (including phenoxy) is 2. The Morgan fingerprint density at radius 3 is 2.31 bits per heavy atom. The van der Waals surface area contributed by atoms with E-state index >= 15 is 0 Å². The van der Waals surface area contributed by atoms with Crippen LogP contribution in [-0.2, 0) is 4.84 Å². The Labute approximate surface area is 177 Å². The first-order valence-electron chi connectivity index (χ1n) is 8.99. The number of aromatic hydroxyl groups is 1. The van der Waals surface area contributed by atoms with Crippen LogP contribution in [0.25, 0.3) is 0 Å². The van der Waals surface area contributed by atoms with Crippen LogP contribution in [0.5, 0.6) is 28.7 Å². The maximum atomic E-state index is 12.7. The van der Waals surface area contributed by atoms with E-state index in [1.54, 1.807) is 18.2 Å². The number of fused-ring (bicyclic) bond motifs is 3. The first kappa shape index (κ1) is 19.0. The van der Waals surface area contributed by atoms with Crippen molar-refractivity contribution in [3.05, 3.63) is 46.2 Å². The molecule has 2 aromatic carbocycles. The molecule has 1 unspecified atom stereocenters. The molecule has 0 bridgehead atoms. The first-order valence-corrected chi connectivity index (χ1v) is 10.8. The van der Waals surface area contributed by atoms with Crippen molar-refractivity contribution >= 4 is 0 Å². The molecule has 3 N–H and O–H groups in total. The fourth-order valence-electron chi connectivity index (χ4n) is 4.45. The van der Waals surface area contributed by atoms with Crippen LogP contribution in [0.4, 0.5) is 0 Å². The van der Waals surface area contributed by atoms with Crippen LogP contribution in [0.2, 0.25) is 0 Å². The summed E-state index contributed by atoms with van der Waals surface area (Å²) in [5, 5.41) is 33.6. The van der Waals surface area contributed by atoms with Gasteiger partial charge in [0, 0.05) is 0 Å². The second-order valence-electron chi connectivity index (χ2n) is 7.16. The molecule has 10 heteroatoms. The van der Waals surface area contributed by atoms with Gasteiger partial charge in [0.1, 0.15) is 0 Å². The number of rotatable bonds is 3. The number of hydroxylamine groups is 2. The normalized spacial score (nSPS) is 29.6. The number of nitrogens with one attached hydrogen (secondary N) is 1. The Balaban J connectivity index is 1.74. The van der Waals surface area contributed by atoms with E-state index in [0.717, 1.165) is 5.56 Å². The molecule has 5 atom stereocenters. The molecule has 29 heavy (non-hydrogen) atoms. The number of quaternary nitrogens is 1. The average molecular weight is 516 g/mol. The third-order valence-corrected chi connectivity index (χ3v) is 7.12. The van der Waals surface area contributed by atoms with Crippen LogP contribution < -0.4 is 42.9 Å². The minimum absolute atomic E-state index is 0.115. The van der Waals surface area contributed by atoms with Gasteiger partial charge in [-0.05, 0) is 0 Å². The van der Waals surface area contributed by atoms with E-state index < -0.39 is 40.1 Å². The predicted molar refractivity (Wildman–Crippen MR) is 93.3 cm³/mol. The third kappa shape index (κ3) is 2.81. The van der Waals surface area contributed by atoms with Crippen LogP contribution in [0.3, 0.4) is 0 Å². The van der Waals surface area contributed by atoms with Gasteiger partial charge in [-0.2, -0.15) is 0 Å². The summed E-state index contributed by atoms with van der Waals surface area (Å²) >= 11 is -0.876. The number of aliphatic hydroxyl groups is 1. The summed E-state index contributed by atoms with van der Waals surface area (Å²) in [6, 6.07) is 6.42. The quantitative estimate of drug-likeness (QED) is 0.306. The minimum atomic E-state index is -0.876. The van der Waals surface area contributed by atoms with Gasteiger partial charge in [0.05, 0.1) is 0 Å². The SMILES string of the molecule is COc1cc([C@@H]2c3cc4c(cc3[C@@H](O)[C@H]3CO[NH+]([O-])[C@H]23)O[I-]O4)cc(OC)c1O. The van der Waals surface area contributed by atoms with Crippen LogP contribution in [0.1, 0.15) is 28.7 Å². The van der Waals surface area contributed by atoms with Gasteiger partial charge in [0.15, 0.2) is 0 Å². The summed E-state index contributed by atoms with van der Waals surface area (Å²) in [6.45, 7) is 0.147. The molecule has 0 amide bonds. The first-order chi connectivity index (χ1) is 14.0. The zero-order chi connectivity index (χ0) is 20.3. The van der Waals surface area contributed by atoms with Crippen molar-refractivity contribution in [3.63, 3.8) is 0 Å². The van der Waals surface area contributed by atoms with E-state index in [0.29, 0.717) is 22.6 Å². The third-order valence-electron chi connectivity index (χ3n) is 5.81. The van der Waals surface area contributed by atoms with Gasteiger partial charge in [-0.1, -0.05) is 0 Å². The van der Waals surface area contributed by atoms with Crippen LogP contribution >= 0.6 is 0 Å². The summed E-state index contributed by atoms with van der Waals surface area (Å²) in [6.07, 6.45) is -0.855. The van der Waals surface area contributed by atoms with Gasteiger partial charge in [-0.25, -0.2) is 0 Å². The van der Waals surface area contributed by atoms with Gasteiger partial charge in [-0.3, -0.25) is 0 Å².